The Labute approximate surface area is 130 Å². The van der Waals surface area contributed by atoms with Gasteiger partial charge in [0.15, 0.2) is 0 Å². The fraction of sp³-hybridized carbons (Fsp3) is 0.154. The Morgan fingerprint density at radius 3 is 2.75 bits per heavy atom. The highest BCUT2D eigenvalue weighted by Crippen LogP contribution is 2.28. The maximum atomic E-state index is 5.60. The average molecular weight is 353 g/mol. The van der Waals surface area contributed by atoms with Gasteiger partial charge in [0.1, 0.15) is 16.4 Å². The van der Waals surface area contributed by atoms with Gasteiger partial charge in [-0.15, -0.1) is 0 Å². The number of anilines is 2. The lowest BCUT2D eigenvalue weighted by atomic mass is 10.3. The molecule has 1 heterocycles. The molecule has 0 saturated carbocycles. The molecule has 2 rings (SSSR count). The molecule has 0 saturated heterocycles. The summed E-state index contributed by atoms with van der Waals surface area (Å²) >= 11 is 8.40. The second kappa shape index (κ2) is 6.15. The summed E-state index contributed by atoms with van der Waals surface area (Å²) in [5.74, 6) is 1.17. The van der Waals surface area contributed by atoms with E-state index in [0.717, 1.165) is 21.6 Å². The number of rotatable bonds is 4. The summed E-state index contributed by atoms with van der Waals surface area (Å²) in [5, 5.41) is 3.12. The van der Waals surface area contributed by atoms with E-state index in [1.165, 1.54) is 0 Å². The van der Waals surface area contributed by atoms with Gasteiger partial charge in [-0.25, -0.2) is 9.97 Å². The third-order valence-electron chi connectivity index (χ3n) is 2.53. The fourth-order valence-corrected chi connectivity index (χ4v) is 2.05. The van der Waals surface area contributed by atoms with Crippen LogP contribution in [0, 0.1) is 6.92 Å². The third kappa shape index (κ3) is 3.43. The zero-order chi connectivity index (χ0) is 14.7. The first kappa shape index (κ1) is 14.7. The molecule has 0 spiro atoms. The summed E-state index contributed by atoms with van der Waals surface area (Å²) in [6.07, 6.45) is 0. The molecule has 0 bridgehead atoms. The van der Waals surface area contributed by atoms with Crippen LogP contribution in [0.4, 0.5) is 11.6 Å². The quantitative estimate of drug-likeness (QED) is 0.824. The highest BCUT2D eigenvalue weighted by atomic mass is 79.9. The van der Waals surface area contributed by atoms with Crippen LogP contribution in [0.1, 0.15) is 11.4 Å². The van der Waals surface area contributed by atoms with E-state index in [1.807, 2.05) is 25.1 Å². The average Bonchev–Trinajstić information content (AvgIpc) is 2.40. The normalized spacial score (nSPS) is 10.2. The minimum absolute atomic E-state index is 0.239. The number of hydrogen-bond donors (Lipinski definition) is 2. The molecule has 0 aliphatic rings. The van der Waals surface area contributed by atoms with Gasteiger partial charge in [-0.2, -0.15) is 0 Å². The maximum Gasteiger partial charge on any atom is 0.228 e. The molecule has 5 nitrogen and oxygen atoms in total. The van der Waals surface area contributed by atoms with Crippen molar-refractivity contribution in [3.63, 3.8) is 0 Å². The van der Waals surface area contributed by atoms with Crippen LogP contribution in [-0.2, 0) is 0 Å². The molecule has 1 aromatic heterocycles. The van der Waals surface area contributed by atoms with Gasteiger partial charge in [-0.3, -0.25) is 0 Å². The Balaban J connectivity index is 2.36. The number of nitrogens with zero attached hydrogens (tertiary/aromatic N) is 2. The summed E-state index contributed by atoms with van der Waals surface area (Å²) in [7, 11) is 1.61. The van der Waals surface area contributed by atoms with Crippen molar-refractivity contribution in [1.82, 2.24) is 9.97 Å². The van der Waals surface area contributed by atoms with Gasteiger partial charge < -0.3 is 15.8 Å². The van der Waals surface area contributed by atoms with E-state index < -0.39 is 0 Å². The van der Waals surface area contributed by atoms with E-state index in [-0.39, 0.29) is 4.99 Å². The Kier molecular flexibility index (Phi) is 4.51. The molecule has 0 aliphatic carbocycles. The molecule has 0 aliphatic heterocycles. The van der Waals surface area contributed by atoms with E-state index in [4.69, 9.17) is 22.7 Å². The van der Waals surface area contributed by atoms with Gasteiger partial charge >= 0.3 is 0 Å². The maximum absolute atomic E-state index is 5.60. The summed E-state index contributed by atoms with van der Waals surface area (Å²) < 4.78 is 6.07. The Morgan fingerprint density at radius 2 is 2.10 bits per heavy atom. The van der Waals surface area contributed by atoms with Crippen molar-refractivity contribution in [2.24, 2.45) is 5.73 Å². The Bertz CT molecular complexity index is 663. The number of nitrogens with one attached hydrogen (secondary N) is 1. The lowest BCUT2D eigenvalue weighted by Crippen LogP contribution is -2.13. The molecule has 20 heavy (non-hydrogen) atoms. The van der Waals surface area contributed by atoms with Gasteiger partial charge in [0, 0.05) is 16.2 Å². The first-order chi connectivity index (χ1) is 9.49. The first-order valence-electron chi connectivity index (χ1n) is 5.75. The number of ether oxygens (including phenoxy) is 1. The van der Waals surface area contributed by atoms with Crippen molar-refractivity contribution in [3.8, 4) is 5.75 Å². The minimum Gasteiger partial charge on any atom is -0.497 e. The van der Waals surface area contributed by atoms with Crippen molar-refractivity contribution in [2.45, 2.75) is 6.92 Å². The molecule has 0 radical (unpaired) electrons. The van der Waals surface area contributed by atoms with Crippen LogP contribution < -0.4 is 15.8 Å². The predicted molar refractivity (Wildman–Crippen MR) is 86.6 cm³/mol. The second-order valence-corrected chi connectivity index (χ2v) is 5.35. The molecule has 0 amide bonds. The number of benzene rings is 1. The largest absolute Gasteiger partial charge is 0.497 e. The van der Waals surface area contributed by atoms with Crippen molar-refractivity contribution in [3.05, 3.63) is 40.1 Å². The summed E-state index contributed by atoms with van der Waals surface area (Å²) in [6.45, 7) is 1.86. The van der Waals surface area contributed by atoms with E-state index in [0.29, 0.717) is 11.6 Å². The summed E-state index contributed by atoms with van der Waals surface area (Å²) in [5.41, 5.74) is 7.72. The molecule has 0 unspecified atom stereocenters. The fourth-order valence-electron chi connectivity index (χ4n) is 1.60. The number of aryl methyl sites for hydroxylation is 1. The molecular weight excluding hydrogens is 340 g/mol. The Morgan fingerprint density at radius 1 is 1.35 bits per heavy atom. The van der Waals surface area contributed by atoms with Gasteiger partial charge in [0.2, 0.25) is 5.95 Å². The van der Waals surface area contributed by atoms with Crippen LogP contribution in [0.15, 0.2) is 28.7 Å². The molecule has 104 valence electrons. The molecule has 1 aromatic carbocycles. The number of nitrogens with two attached hydrogens (primary N) is 1. The number of halogens is 1. The van der Waals surface area contributed by atoms with Gasteiger partial charge in [-0.05, 0) is 41.1 Å². The molecule has 0 atom stereocenters. The van der Waals surface area contributed by atoms with Crippen LogP contribution in [-0.4, -0.2) is 22.1 Å². The molecule has 2 aromatic rings. The molecule has 3 N–H and O–H groups in total. The van der Waals surface area contributed by atoms with Crippen LogP contribution >= 0.6 is 28.1 Å². The van der Waals surface area contributed by atoms with Gasteiger partial charge in [0.25, 0.3) is 0 Å². The van der Waals surface area contributed by atoms with Crippen LogP contribution in [0.3, 0.4) is 0 Å². The standard InChI is InChI=1S/C13H13BrN4OS/c1-7-5-11(12(15)20)18-13(16-7)17-10-6-8(19-2)3-4-9(10)14/h3-6H,1-2H3,(H2,15,20)(H,16,17,18). The van der Waals surface area contributed by atoms with Crippen molar-refractivity contribution in [2.75, 3.05) is 12.4 Å². The van der Waals surface area contributed by atoms with Crippen molar-refractivity contribution < 1.29 is 4.74 Å². The van der Waals surface area contributed by atoms with Gasteiger partial charge in [0.05, 0.1) is 12.8 Å². The number of thiocarbonyl (C=S) groups is 1. The molecule has 7 heteroatoms. The molecular formula is C13H13BrN4OS. The van der Waals surface area contributed by atoms with Crippen molar-refractivity contribution in [1.29, 1.82) is 0 Å². The molecule has 0 fully saturated rings. The lowest BCUT2D eigenvalue weighted by Gasteiger charge is -2.10. The zero-order valence-electron chi connectivity index (χ0n) is 11.0. The van der Waals surface area contributed by atoms with Crippen molar-refractivity contribution >= 4 is 44.8 Å². The van der Waals surface area contributed by atoms with E-state index >= 15 is 0 Å². The van der Waals surface area contributed by atoms with Crippen LogP contribution in [0.25, 0.3) is 0 Å². The number of methoxy groups -OCH3 is 1. The minimum atomic E-state index is 0.239. The Hall–Kier alpha value is -1.73. The number of aromatic nitrogens is 2. The van der Waals surface area contributed by atoms with Gasteiger partial charge in [-0.1, -0.05) is 12.2 Å². The van der Waals surface area contributed by atoms with Crippen LogP contribution in [0.5, 0.6) is 5.75 Å². The second-order valence-electron chi connectivity index (χ2n) is 4.05. The third-order valence-corrected chi connectivity index (χ3v) is 3.43. The number of hydrogen-bond acceptors (Lipinski definition) is 5. The topological polar surface area (TPSA) is 73.1 Å². The monoisotopic (exact) mass is 352 g/mol. The summed E-state index contributed by atoms with van der Waals surface area (Å²) in [6, 6.07) is 7.32. The summed E-state index contributed by atoms with van der Waals surface area (Å²) in [4.78, 5) is 8.82. The highest BCUT2D eigenvalue weighted by Gasteiger charge is 2.08. The van der Waals surface area contributed by atoms with E-state index in [1.54, 1.807) is 13.2 Å². The predicted octanol–water partition coefficient (Wildman–Crippen LogP) is 2.93. The van der Waals surface area contributed by atoms with E-state index in [9.17, 15) is 0 Å². The smallest absolute Gasteiger partial charge is 0.228 e. The lowest BCUT2D eigenvalue weighted by molar-refractivity contribution is 0.415. The first-order valence-corrected chi connectivity index (χ1v) is 6.96. The highest BCUT2D eigenvalue weighted by molar-refractivity contribution is 9.10. The SMILES string of the molecule is COc1ccc(Br)c(Nc2nc(C)cc(C(N)=S)n2)c1. The zero-order valence-corrected chi connectivity index (χ0v) is 13.4. The van der Waals surface area contributed by atoms with E-state index in [2.05, 4.69) is 31.2 Å². The van der Waals surface area contributed by atoms with Crippen LogP contribution in [0.2, 0.25) is 0 Å².